The quantitative estimate of drug-likeness (QED) is 0.156. The molecule has 0 aliphatic heterocycles. The molecule has 1 aromatic heterocycles. The Bertz CT molecular complexity index is 1610. The van der Waals surface area contributed by atoms with Gasteiger partial charge in [-0.05, 0) is 84.3 Å². The summed E-state index contributed by atoms with van der Waals surface area (Å²) in [5, 5.41) is 9.69. The van der Waals surface area contributed by atoms with Crippen LogP contribution in [0.15, 0.2) is 128 Å². The van der Waals surface area contributed by atoms with Gasteiger partial charge < -0.3 is 23.9 Å². The maximum absolute atomic E-state index is 12.6. The Balaban J connectivity index is 1.28. The lowest BCUT2D eigenvalue weighted by Gasteiger charge is -2.18. The van der Waals surface area contributed by atoms with Gasteiger partial charge in [0.05, 0.1) is 12.3 Å². The molecular weight excluding hydrogens is 542 g/mol. The Morgan fingerprint density at radius 3 is 1.77 bits per heavy atom. The van der Waals surface area contributed by atoms with Gasteiger partial charge in [0, 0.05) is 24.7 Å². The third kappa shape index (κ3) is 7.71. The highest BCUT2D eigenvalue weighted by atomic mass is 16.6. The van der Waals surface area contributed by atoms with E-state index >= 15 is 0 Å². The van der Waals surface area contributed by atoms with Crippen LogP contribution >= 0.6 is 0 Å². The minimum atomic E-state index is -1.01. The van der Waals surface area contributed by atoms with Gasteiger partial charge in [0.25, 0.3) is 0 Å². The smallest absolute Gasteiger partial charge is 0.347 e. The van der Waals surface area contributed by atoms with Crippen molar-refractivity contribution in [2.75, 3.05) is 6.61 Å². The fourth-order valence-electron chi connectivity index (χ4n) is 4.80. The Kier molecular flexibility index (Phi) is 9.54. The molecule has 1 heterocycles. The first-order valence-electron chi connectivity index (χ1n) is 14.2. The van der Waals surface area contributed by atoms with Gasteiger partial charge in [-0.2, -0.15) is 0 Å². The number of benzene rings is 4. The zero-order valence-electron chi connectivity index (χ0n) is 23.8. The normalized spacial score (nSPS) is 12.2. The first kappa shape index (κ1) is 29.2. The van der Waals surface area contributed by atoms with E-state index in [0.29, 0.717) is 17.9 Å². The van der Waals surface area contributed by atoms with E-state index in [2.05, 4.69) is 0 Å². The molecule has 0 saturated carbocycles. The summed E-state index contributed by atoms with van der Waals surface area (Å²) in [7, 11) is 0. The van der Waals surface area contributed by atoms with Crippen molar-refractivity contribution in [2.45, 2.75) is 32.0 Å². The molecule has 0 unspecified atom stereocenters. The molecule has 0 radical (unpaired) electrons. The minimum absolute atomic E-state index is 0.271. The molecule has 43 heavy (non-hydrogen) atoms. The fourth-order valence-corrected chi connectivity index (χ4v) is 4.80. The molecule has 4 aromatic carbocycles. The first-order valence-corrected chi connectivity index (χ1v) is 14.2. The van der Waals surface area contributed by atoms with Crippen molar-refractivity contribution in [3.8, 4) is 28.4 Å². The van der Waals surface area contributed by atoms with Crippen LogP contribution in [0.25, 0.3) is 16.9 Å². The second kappa shape index (κ2) is 14.0. The van der Waals surface area contributed by atoms with E-state index < -0.39 is 24.1 Å². The van der Waals surface area contributed by atoms with E-state index in [1.54, 1.807) is 19.1 Å². The monoisotopic (exact) mass is 575 g/mol. The summed E-state index contributed by atoms with van der Waals surface area (Å²) in [6.45, 7) is 2.06. The lowest BCUT2D eigenvalue weighted by Crippen LogP contribution is -2.31. The largest absolute Gasteiger partial charge is 0.478 e. The van der Waals surface area contributed by atoms with Crippen LogP contribution in [-0.4, -0.2) is 40.4 Å². The molecule has 0 spiro atoms. The molecule has 0 aliphatic carbocycles. The number of ether oxygens (including phenoxy) is 3. The van der Waals surface area contributed by atoms with E-state index in [1.165, 1.54) is 0 Å². The van der Waals surface area contributed by atoms with Crippen molar-refractivity contribution in [1.82, 2.24) is 4.57 Å². The van der Waals surface area contributed by atoms with Gasteiger partial charge in [0.2, 0.25) is 0 Å². The van der Waals surface area contributed by atoms with Crippen LogP contribution in [0.3, 0.4) is 0 Å². The lowest BCUT2D eigenvalue weighted by molar-refractivity contribution is -0.151. The molecule has 0 fully saturated rings. The third-order valence-corrected chi connectivity index (χ3v) is 6.92. The number of aliphatic carboxylic acids is 1. The maximum Gasteiger partial charge on any atom is 0.347 e. The number of aromatic nitrogens is 1. The molecule has 1 N–H and O–H groups in total. The molecule has 0 aliphatic rings. The Morgan fingerprint density at radius 1 is 0.674 bits per heavy atom. The summed E-state index contributed by atoms with van der Waals surface area (Å²) in [4.78, 5) is 24.4. The SMILES string of the molecule is CCOC(=O)[C@@H](Cc1ccccc1)Oc1ccc(-n2cccc2-c2ccc(O[C@H](Cc3ccccc3)C(=O)O)cc2)cc1. The van der Waals surface area contributed by atoms with Crippen molar-refractivity contribution in [3.63, 3.8) is 0 Å². The topological polar surface area (TPSA) is 87.0 Å². The highest BCUT2D eigenvalue weighted by Gasteiger charge is 2.23. The average molecular weight is 576 g/mol. The van der Waals surface area contributed by atoms with Crippen molar-refractivity contribution >= 4 is 11.9 Å². The summed E-state index contributed by atoms with van der Waals surface area (Å²) in [6, 6.07) is 38.0. The molecule has 5 aromatic rings. The molecule has 218 valence electrons. The maximum atomic E-state index is 12.6. The van der Waals surface area contributed by atoms with Crippen molar-refractivity contribution in [1.29, 1.82) is 0 Å². The van der Waals surface area contributed by atoms with Crippen molar-refractivity contribution in [3.05, 3.63) is 139 Å². The van der Waals surface area contributed by atoms with Gasteiger partial charge in [-0.15, -0.1) is 0 Å². The predicted octanol–water partition coefficient (Wildman–Crippen LogP) is 6.77. The summed E-state index contributed by atoms with van der Waals surface area (Å²) >= 11 is 0. The lowest BCUT2D eigenvalue weighted by atomic mass is 10.1. The molecular formula is C36H33NO6. The zero-order chi connectivity index (χ0) is 30.0. The predicted molar refractivity (Wildman–Crippen MR) is 165 cm³/mol. The Hall–Kier alpha value is -5.30. The third-order valence-electron chi connectivity index (χ3n) is 6.92. The van der Waals surface area contributed by atoms with Crippen molar-refractivity contribution < 1.29 is 28.9 Å². The molecule has 7 heteroatoms. The number of carboxylic acid groups (broad SMARTS) is 1. The van der Waals surface area contributed by atoms with Gasteiger partial charge in [0.15, 0.2) is 12.2 Å². The number of hydrogen-bond donors (Lipinski definition) is 1. The van der Waals surface area contributed by atoms with E-state index in [1.807, 2.05) is 120 Å². The molecule has 5 rings (SSSR count). The van der Waals surface area contributed by atoms with Crippen LogP contribution < -0.4 is 9.47 Å². The van der Waals surface area contributed by atoms with Gasteiger partial charge in [-0.1, -0.05) is 60.7 Å². The molecule has 0 saturated heterocycles. The number of carboxylic acids is 1. The number of carbonyl (C=O) groups is 2. The second-order valence-corrected chi connectivity index (χ2v) is 9.96. The summed E-state index contributed by atoms with van der Waals surface area (Å²) in [5.41, 5.74) is 4.69. The van der Waals surface area contributed by atoms with E-state index in [9.17, 15) is 14.7 Å². The number of esters is 1. The Labute approximate surface area is 250 Å². The number of hydrogen-bond acceptors (Lipinski definition) is 5. The number of nitrogens with zero attached hydrogens (tertiary/aromatic N) is 1. The van der Waals surface area contributed by atoms with E-state index in [-0.39, 0.29) is 13.0 Å². The van der Waals surface area contributed by atoms with Crippen LogP contribution in [-0.2, 0) is 27.2 Å². The van der Waals surface area contributed by atoms with Crippen LogP contribution in [0.5, 0.6) is 11.5 Å². The molecule has 0 bridgehead atoms. The van der Waals surface area contributed by atoms with Gasteiger partial charge in [0.1, 0.15) is 11.5 Å². The molecule has 0 amide bonds. The number of rotatable bonds is 13. The minimum Gasteiger partial charge on any atom is -0.478 e. The van der Waals surface area contributed by atoms with E-state index in [0.717, 1.165) is 28.1 Å². The van der Waals surface area contributed by atoms with Crippen LogP contribution in [0, 0.1) is 0 Å². The van der Waals surface area contributed by atoms with Gasteiger partial charge in [-0.25, -0.2) is 9.59 Å². The summed E-state index contributed by atoms with van der Waals surface area (Å²) in [6.07, 6.45) is 0.890. The van der Waals surface area contributed by atoms with Gasteiger partial charge >= 0.3 is 11.9 Å². The van der Waals surface area contributed by atoms with Crippen molar-refractivity contribution in [2.24, 2.45) is 0 Å². The summed E-state index contributed by atoms with van der Waals surface area (Å²) < 4.78 is 19.2. The van der Waals surface area contributed by atoms with Gasteiger partial charge in [-0.3, -0.25) is 0 Å². The zero-order valence-corrected chi connectivity index (χ0v) is 23.8. The van der Waals surface area contributed by atoms with Crippen LogP contribution in [0.2, 0.25) is 0 Å². The second-order valence-electron chi connectivity index (χ2n) is 9.96. The summed E-state index contributed by atoms with van der Waals surface area (Å²) in [5.74, 6) is -0.358. The highest BCUT2D eigenvalue weighted by molar-refractivity contribution is 5.75. The standard InChI is InChI=1S/C36H33NO6/c1-2-41-36(40)34(25-27-12-7-4-8-13-27)43-31-21-17-29(18-22-31)37-23-9-14-32(37)28-15-19-30(20-16-28)42-33(35(38)39)24-26-10-5-3-6-11-26/h3-23,33-34H,2,24-25H2,1H3,(H,38,39)/t33-,34-/m1/s1. The van der Waals surface area contributed by atoms with E-state index in [4.69, 9.17) is 14.2 Å². The Morgan fingerprint density at radius 2 is 1.21 bits per heavy atom. The average Bonchev–Trinajstić information content (AvgIpc) is 3.52. The van der Waals surface area contributed by atoms with Crippen LogP contribution in [0.4, 0.5) is 0 Å². The fraction of sp³-hybridized carbons (Fsp3) is 0.167. The number of carbonyl (C=O) groups excluding carboxylic acids is 1. The first-order chi connectivity index (χ1) is 21.0. The molecule has 7 nitrogen and oxygen atoms in total. The van der Waals surface area contributed by atoms with Crippen LogP contribution in [0.1, 0.15) is 18.1 Å². The highest BCUT2D eigenvalue weighted by Crippen LogP contribution is 2.28. The molecule has 2 atom stereocenters.